The lowest BCUT2D eigenvalue weighted by atomic mass is 10.1. The van der Waals surface area contributed by atoms with Gasteiger partial charge in [-0.1, -0.05) is 35.5 Å². The highest BCUT2D eigenvalue weighted by Crippen LogP contribution is 2.12. The molecule has 17 heavy (non-hydrogen) atoms. The van der Waals surface area contributed by atoms with Crippen LogP contribution in [0.25, 0.3) is 0 Å². The summed E-state index contributed by atoms with van der Waals surface area (Å²) >= 11 is 0. The van der Waals surface area contributed by atoms with E-state index in [0.717, 1.165) is 31.3 Å². The Labute approximate surface area is 105 Å². The Kier molecular flexibility index (Phi) is 8.12. The molecule has 2 heteroatoms. The van der Waals surface area contributed by atoms with Gasteiger partial charge in [0.25, 0.3) is 0 Å². The Morgan fingerprint density at radius 3 is 2.24 bits per heavy atom. The van der Waals surface area contributed by atoms with Gasteiger partial charge in [-0.25, -0.2) is 0 Å². The van der Waals surface area contributed by atoms with Gasteiger partial charge in [-0.2, -0.15) is 0 Å². The molecule has 0 heterocycles. The molecule has 0 bridgehead atoms. The van der Waals surface area contributed by atoms with Gasteiger partial charge in [-0.3, -0.25) is 4.79 Å². The fourth-order valence-corrected chi connectivity index (χ4v) is 1.52. The molecule has 0 spiro atoms. The van der Waals surface area contributed by atoms with Crippen LogP contribution in [0.5, 0.6) is 0 Å². The van der Waals surface area contributed by atoms with Crippen LogP contribution in [0.15, 0.2) is 35.5 Å². The molecule has 0 saturated heterocycles. The lowest BCUT2D eigenvalue weighted by Crippen LogP contribution is -1.96. The monoisotopic (exact) mass is 236 g/mol. The molecule has 0 radical (unpaired) electrons. The highest BCUT2D eigenvalue weighted by atomic mass is 16.4. The lowest BCUT2D eigenvalue weighted by molar-refractivity contribution is -0.136. The number of carbonyl (C=O) groups is 1. The topological polar surface area (TPSA) is 37.3 Å². The SMILES string of the molecule is C=C(CCC=C(C)CCC=C(C)C)CC(=O)O. The maximum atomic E-state index is 10.4. The largest absolute Gasteiger partial charge is 0.481 e. The van der Waals surface area contributed by atoms with Crippen molar-refractivity contribution in [2.45, 2.75) is 52.9 Å². The van der Waals surface area contributed by atoms with Crippen molar-refractivity contribution in [1.82, 2.24) is 0 Å². The Balaban J connectivity index is 3.80. The molecule has 0 rings (SSSR count). The predicted molar refractivity (Wildman–Crippen MR) is 73.0 cm³/mol. The zero-order valence-electron chi connectivity index (χ0n) is 11.3. The zero-order valence-corrected chi connectivity index (χ0v) is 11.3. The molecular weight excluding hydrogens is 212 g/mol. The second-order valence-electron chi connectivity index (χ2n) is 4.73. The molecule has 0 aromatic rings. The number of rotatable bonds is 8. The third-order valence-corrected chi connectivity index (χ3v) is 2.48. The van der Waals surface area contributed by atoms with Crippen LogP contribution in [0.2, 0.25) is 0 Å². The summed E-state index contributed by atoms with van der Waals surface area (Å²) in [7, 11) is 0. The zero-order chi connectivity index (χ0) is 13.3. The van der Waals surface area contributed by atoms with Crippen LogP contribution in [0.3, 0.4) is 0 Å². The van der Waals surface area contributed by atoms with Crippen molar-refractivity contribution in [3.8, 4) is 0 Å². The highest BCUT2D eigenvalue weighted by molar-refractivity contribution is 5.69. The van der Waals surface area contributed by atoms with Crippen LogP contribution in [-0.4, -0.2) is 11.1 Å². The average Bonchev–Trinajstić information content (AvgIpc) is 2.15. The number of aliphatic carboxylic acids is 1. The molecule has 0 amide bonds. The van der Waals surface area contributed by atoms with Gasteiger partial charge < -0.3 is 5.11 Å². The van der Waals surface area contributed by atoms with E-state index in [1.807, 2.05) is 0 Å². The van der Waals surface area contributed by atoms with Gasteiger partial charge >= 0.3 is 5.97 Å². The highest BCUT2D eigenvalue weighted by Gasteiger charge is 2.00. The average molecular weight is 236 g/mol. The van der Waals surface area contributed by atoms with Crippen LogP contribution in [0, 0.1) is 0 Å². The van der Waals surface area contributed by atoms with E-state index in [1.54, 1.807) is 0 Å². The first-order valence-electron chi connectivity index (χ1n) is 6.09. The van der Waals surface area contributed by atoms with Crippen LogP contribution in [-0.2, 0) is 4.79 Å². The van der Waals surface area contributed by atoms with Gasteiger partial charge in [0, 0.05) is 0 Å². The normalized spacial score (nSPS) is 11.1. The van der Waals surface area contributed by atoms with Gasteiger partial charge in [0.2, 0.25) is 0 Å². The molecule has 0 fully saturated rings. The second-order valence-corrected chi connectivity index (χ2v) is 4.73. The van der Waals surface area contributed by atoms with Gasteiger partial charge in [0.05, 0.1) is 6.42 Å². The van der Waals surface area contributed by atoms with Crippen molar-refractivity contribution in [2.24, 2.45) is 0 Å². The summed E-state index contributed by atoms with van der Waals surface area (Å²) in [6, 6.07) is 0. The smallest absolute Gasteiger partial charge is 0.307 e. The van der Waals surface area contributed by atoms with Gasteiger partial charge in [0.1, 0.15) is 0 Å². The Morgan fingerprint density at radius 2 is 1.71 bits per heavy atom. The Bertz CT molecular complexity index is 318. The van der Waals surface area contributed by atoms with Crippen LogP contribution < -0.4 is 0 Å². The van der Waals surface area contributed by atoms with E-state index in [4.69, 9.17) is 5.11 Å². The summed E-state index contributed by atoms with van der Waals surface area (Å²) in [6.45, 7) is 10.1. The van der Waals surface area contributed by atoms with Crippen molar-refractivity contribution in [2.75, 3.05) is 0 Å². The van der Waals surface area contributed by atoms with Crippen molar-refractivity contribution in [3.05, 3.63) is 35.5 Å². The first-order valence-corrected chi connectivity index (χ1v) is 6.09. The predicted octanol–water partition coefficient (Wildman–Crippen LogP) is 4.49. The fourth-order valence-electron chi connectivity index (χ4n) is 1.52. The molecular formula is C15H24O2. The third kappa shape index (κ3) is 11.0. The number of hydrogen-bond donors (Lipinski definition) is 1. The Hall–Kier alpha value is -1.31. The van der Waals surface area contributed by atoms with E-state index in [-0.39, 0.29) is 6.42 Å². The summed E-state index contributed by atoms with van der Waals surface area (Å²) in [5, 5.41) is 8.58. The summed E-state index contributed by atoms with van der Waals surface area (Å²) in [4.78, 5) is 10.4. The molecule has 0 aliphatic heterocycles. The molecule has 0 aliphatic rings. The van der Waals surface area contributed by atoms with Crippen LogP contribution >= 0.6 is 0 Å². The fraction of sp³-hybridized carbons (Fsp3) is 0.533. The molecule has 0 aliphatic carbocycles. The van der Waals surface area contributed by atoms with E-state index < -0.39 is 5.97 Å². The van der Waals surface area contributed by atoms with Gasteiger partial charge in [-0.15, -0.1) is 0 Å². The lowest BCUT2D eigenvalue weighted by Gasteiger charge is -2.01. The molecule has 96 valence electrons. The first-order chi connectivity index (χ1) is 7.91. The summed E-state index contributed by atoms with van der Waals surface area (Å²) in [5.41, 5.74) is 3.52. The molecule has 1 N–H and O–H groups in total. The maximum Gasteiger partial charge on any atom is 0.307 e. The van der Waals surface area contributed by atoms with Gasteiger partial charge in [0.15, 0.2) is 0 Å². The first kappa shape index (κ1) is 15.7. The maximum absolute atomic E-state index is 10.4. The van der Waals surface area contributed by atoms with Crippen molar-refractivity contribution < 1.29 is 9.90 Å². The minimum atomic E-state index is -0.792. The quantitative estimate of drug-likeness (QED) is 0.630. The number of hydrogen-bond acceptors (Lipinski definition) is 1. The summed E-state index contributed by atoms with van der Waals surface area (Å²) < 4.78 is 0. The summed E-state index contributed by atoms with van der Waals surface area (Å²) in [6.07, 6.45) is 8.34. The molecule has 2 nitrogen and oxygen atoms in total. The van der Waals surface area contributed by atoms with Crippen LogP contribution in [0.1, 0.15) is 52.9 Å². The van der Waals surface area contributed by atoms with E-state index in [0.29, 0.717) is 0 Å². The molecule has 0 aromatic carbocycles. The van der Waals surface area contributed by atoms with Crippen molar-refractivity contribution >= 4 is 5.97 Å². The number of carboxylic acid groups (broad SMARTS) is 1. The number of carboxylic acids is 1. The molecule has 0 atom stereocenters. The van der Waals surface area contributed by atoms with Crippen molar-refractivity contribution in [1.29, 1.82) is 0 Å². The molecule has 0 unspecified atom stereocenters. The minimum Gasteiger partial charge on any atom is -0.481 e. The second kappa shape index (κ2) is 8.80. The van der Waals surface area contributed by atoms with E-state index >= 15 is 0 Å². The van der Waals surface area contributed by atoms with Crippen molar-refractivity contribution in [3.63, 3.8) is 0 Å². The van der Waals surface area contributed by atoms with Gasteiger partial charge in [-0.05, 0) is 46.5 Å². The third-order valence-electron chi connectivity index (χ3n) is 2.48. The van der Waals surface area contributed by atoms with E-state index in [2.05, 4.69) is 39.5 Å². The summed E-state index contributed by atoms with van der Waals surface area (Å²) in [5.74, 6) is -0.792. The number of allylic oxidation sites excluding steroid dienone is 4. The molecule has 0 aromatic heterocycles. The van der Waals surface area contributed by atoms with E-state index in [1.165, 1.54) is 11.1 Å². The van der Waals surface area contributed by atoms with Crippen LogP contribution in [0.4, 0.5) is 0 Å². The minimum absolute atomic E-state index is 0.0880. The standard InChI is InChI=1S/C15H24O2/c1-12(2)7-5-8-13(3)9-6-10-14(4)11-15(16)17/h7,9H,4-6,8,10-11H2,1-3H3,(H,16,17). The van der Waals surface area contributed by atoms with E-state index in [9.17, 15) is 4.79 Å². The molecule has 0 saturated carbocycles. The Morgan fingerprint density at radius 1 is 1.12 bits per heavy atom.